The van der Waals surface area contributed by atoms with E-state index in [9.17, 15) is 23.2 Å². The molecule has 7 nitrogen and oxygen atoms in total. The quantitative estimate of drug-likeness (QED) is 0.814. The fraction of sp³-hybridized carbons (Fsp3) is 0.211. The number of fused-ring (bicyclic) bond motifs is 2. The highest BCUT2D eigenvalue weighted by Gasteiger charge is 2.43. The van der Waals surface area contributed by atoms with Crippen LogP contribution in [0.4, 0.5) is 14.5 Å². The molecule has 0 saturated carbocycles. The van der Waals surface area contributed by atoms with Gasteiger partial charge in [0, 0.05) is 24.7 Å². The fourth-order valence-corrected chi connectivity index (χ4v) is 3.07. The number of benzene rings is 2. The van der Waals surface area contributed by atoms with Crippen molar-refractivity contribution in [3.8, 4) is 11.5 Å². The lowest BCUT2D eigenvalue weighted by Crippen LogP contribution is -2.32. The van der Waals surface area contributed by atoms with E-state index in [1.54, 1.807) is 18.2 Å². The van der Waals surface area contributed by atoms with Crippen LogP contribution in [0, 0.1) is 6.92 Å². The molecule has 2 aliphatic heterocycles. The van der Waals surface area contributed by atoms with E-state index in [1.807, 2.05) is 6.92 Å². The molecular formula is C19H14F2N2O5. The van der Waals surface area contributed by atoms with Crippen LogP contribution in [-0.4, -0.2) is 35.5 Å². The van der Waals surface area contributed by atoms with Gasteiger partial charge in [0.15, 0.2) is 11.5 Å². The number of rotatable bonds is 4. The smallest absolute Gasteiger partial charge is 0.395 e. The number of aryl methyl sites for hydroxylation is 1. The molecule has 4 rings (SSSR count). The maximum absolute atomic E-state index is 13.0. The molecule has 2 aromatic rings. The Morgan fingerprint density at radius 3 is 2.54 bits per heavy atom. The third-order valence-electron chi connectivity index (χ3n) is 4.37. The Balaban J connectivity index is 1.38. The first-order valence-corrected chi connectivity index (χ1v) is 8.40. The van der Waals surface area contributed by atoms with E-state index in [0.717, 1.165) is 10.5 Å². The van der Waals surface area contributed by atoms with Crippen molar-refractivity contribution in [2.45, 2.75) is 19.6 Å². The highest BCUT2D eigenvalue weighted by atomic mass is 19.3. The zero-order chi connectivity index (χ0) is 20.1. The Bertz CT molecular complexity index is 1020. The molecule has 1 N–H and O–H groups in total. The van der Waals surface area contributed by atoms with E-state index in [-0.39, 0.29) is 30.2 Å². The second-order valence-corrected chi connectivity index (χ2v) is 6.44. The molecule has 0 aromatic heterocycles. The number of imide groups is 1. The van der Waals surface area contributed by atoms with Crippen molar-refractivity contribution in [2.24, 2.45) is 0 Å². The summed E-state index contributed by atoms with van der Waals surface area (Å²) in [6.07, 6.45) is -3.89. The van der Waals surface area contributed by atoms with Gasteiger partial charge < -0.3 is 14.8 Å². The Kier molecular flexibility index (Phi) is 4.02. The van der Waals surface area contributed by atoms with E-state index in [0.29, 0.717) is 11.1 Å². The van der Waals surface area contributed by atoms with Crippen LogP contribution in [0.2, 0.25) is 0 Å². The average molecular weight is 388 g/mol. The third-order valence-corrected chi connectivity index (χ3v) is 4.37. The van der Waals surface area contributed by atoms with E-state index in [4.69, 9.17) is 0 Å². The molecule has 28 heavy (non-hydrogen) atoms. The van der Waals surface area contributed by atoms with Crippen molar-refractivity contribution in [1.82, 2.24) is 4.90 Å². The van der Waals surface area contributed by atoms with Crippen molar-refractivity contribution < 1.29 is 32.6 Å². The summed E-state index contributed by atoms with van der Waals surface area (Å²) in [4.78, 5) is 37.9. The summed E-state index contributed by atoms with van der Waals surface area (Å²) in [5.74, 6) is -1.71. The van der Waals surface area contributed by atoms with Gasteiger partial charge in [-0.05, 0) is 31.2 Å². The van der Waals surface area contributed by atoms with Crippen molar-refractivity contribution >= 4 is 23.4 Å². The van der Waals surface area contributed by atoms with Crippen LogP contribution in [0.1, 0.15) is 32.7 Å². The van der Waals surface area contributed by atoms with E-state index < -0.39 is 24.0 Å². The first-order valence-electron chi connectivity index (χ1n) is 8.40. The summed E-state index contributed by atoms with van der Waals surface area (Å²) in [6.45, 7) is 1.72. The molecule has 2 aliphatic rings. The summed E-state index contributed by atoms with van der Waals surface area (Å²) in [7, 11) is 0. The normalized spacial score (nSPS) is 16.3. The lowest BCUT2D eigenvalue weighted by atomic mass is 10.1. The first kappa shape index (κ1) is 17.9. The van der Waals surface area contributed by atoms with Crippen LogP contribution in [0.5, 0.6) is 11.5 Å². The summed E-state index contributed by atoms with van der Waals surface area (Å²) in [5, 5.41) is 2.51. The predicted molar refractivity (Wildman–Crippen MR) is 92.4 cm³/mol. The molecule has 0 spiro atoms. The second kappa shape index (κ2) is 6.29. The number of hydrogen-bond acceptors (Lipinski definition) is 5. The largest absolute Gasteiger partial charge is 0.586 e. The average Bonchev–Trinajstić information content (AvgIpc) is 3.05. The van der Waals surface area contributed by atoms with Gasteiger partial charge in [-0.15, -0.1) is 8.78 Å². The van der Waals surface area contributed by atoms with E-state index in [2.05, 4.69) is 14.8 Å². The maximum Gasteiger partial charge on any atom is 0.586 e. The van der Waals surface area contributed by atoms with Crippen molar-refractivity contribution in [3.05, 3.63) is 53.1 Å². The molecule has 0 saturated heterocycles. The van der Waals surface area contributed by atoms with Gasteiger partial charge in [0.1, 0.15) is 0 Å². The number of ether oxygens (including phenoxy) is 2. The zero-order valence-corrected chi connectivity index (χ0v) is 14.6. The van der Waals surface area contributed by atoms with Gasteiger partial charge in [-0.25, -0.2) is 0 Å². The standard InChI is InChI=1S/C19H14F2N2O5/c1-10-2-4-12-13(8-10)18(26)23(17(12)25)7-6-16(24)22-11-3-5-14-15(9-11)28-19(20,21)27-14/h2-5,8-9H,6-7H2,1H3,(H,22,24). The van der Waals surface area contributed by atoms with Gasteiger partial charge in [-0.1, -0.05) is 11.6 Å². The topological polar surface area (TPSA) is 84.9 Å². The van der Waals surface area contributed by atoms with Crippen molar-refractivity contribution in [3.63, 3.8) is 0 Å². The lowest BCUT2D eigenvalue weighted by molar-refractivity contribution is -0.286. The summed E-state index contributed by atoms with van der Waals surface area (Å²) >= 11 is 0. The van der Waals surface area contributed by atoms with Gasteiger partial charge in [0.2, 0.25) is 5.91 Å². The fourth-order valence-electron chi connectivity index (χ4n) is 3.07. The molecule has 144 valence electrons. The Hall–Kier alpha value is -3.49. The van der Waals surface area contributed by atoms with E-state index in [1.165, 1.54) is 18.2 Å². The SMILES string of the molecule is Cc1ccc2c(c1)C(=O)N(CCC(=O)Nc1ccc3c(c1)OC(F)(F)O3)C2=O. The summed E-state index contributed by atoms with van der Waals surface area (Å²) in [6, 6.07) is 8.80. The zero-order valence-electron chi connectivity index (χ0n) is 14.6. The molecule has 0 radical (unpaired) electrons. The number of nitrogens with one attached hydrogen (secondary N) is 1. The predicted octanol–water partition coefficient (Wildman–Crippen LogP) is 2.94. The highest BCUT2D eigenvalue weighted by Crippen LogP contribution is 2.42. The van der Waals surface area contributed by atoms with Crippen LogP contribution in [-0.2, 0) is 4.79 Å². The minimum Gasteiger partial charge on any atom is -0.395 e. The minimum absolute atomic E-state index is 0.0974. The second-order valence-electron chi connectivity index (χ2n) is 6.44. The first-order chi connectivity index (χ1) is 13.2. The molecule has 0 bridgehead atoms. The summed E-state index contributed by atoms with van der Waals surface area (Å²) in [5.41, 5.74) is 1.71. The molecule has 0 fully saturated rings. The van der Waals surface area contributed by atoms with Crippen LogP contribution in [0.3, 0.4) is 0 Å². The van der Waals surface area contributed by atoms with Crippen molar-refractivity contribution in [1.29, 1.82) is 0 Å². The third kappa shape index (κ3) is 3.15. The molecule has 0 atom stereocenters. The van der Waals surface area contributed by atoms with Crippen LogP contribution < -0.4 is 14.8 Å². The van der Waals surface area contributed by atoms with Crippen LogP contribution in [0.25, 0.3) is 0 Å². The van der Waals surface area contributed by atoms with Gasteiger partial charge in [-0.3, -0.25) is 19.3 Å². The van der Waals surface area contributed by atoms with Gasteiger partial charge >= 0.3 is 6.29 Å². The molecule has 0 aliphatic carbocycles. The molecule has 0 unspecified atom stereocenters. The lowest BCUT2D eigenvalue weighted by Gasteiger charge is -2.13. The number of nitrogens with zero attached hydrogens (tertiary/aromatic N) is 1. The number of carbonyl (C=O) groups is 3. The molecular weight excluding hydrogens is 374 g/mol. The number of halogens is 2. The monoisotopic (exact) mass is 388 g/mol. The Morgan fingerprint density at radius 1 is 1.04 bits per heavy atom. The van der Waals surface area contributed by atoms with Crippen LogP contribution in [0.15, 0.2) is 36.4 Å². The Morgan fingerprint density at radius 2 is 1.75 bits per heavy atom. The van der Waals surface area contributed by atoms with Gasteiger partial charge in [0.25, 0.3) is 11.8 Å². The minimum atomic E-state index is -3.74. The number of hydrogen-bond donors (Lipinski definition) is 1. The maximum atomic E-state index is 13.0. The van der Waals surface area contributed by atoms with Crippen LogP contribution >= 0.6 is 0 Å². The van der Waals surface area contributed by atoms with Crippen molar-refractivity contribution in [2.75, 3.05) is 11.9 Å². The number of anilines is 1. The highest BCUT2D eigenvalue weighted by molar-refractivity contribution is 6.21. The van der Waals surface area contributed by atoms with Gasteiger partial charge in [-0.2, -0.15) is 0 Å². The van der Waals surface area contributed by atoms with E-state index >= 15 is 0 Å². The summed E-state index contributed by atoms with van der Waals surface area (Å²) < 4.78 is 34.7. The van der Waals surface area contributed by atoms with Gasteiger partial charge in [0.05, 0.1) is 11.1 Å². The molecule has 3 amide bonds. The number of carbonyl (C=O) groups excluding carboxylic acids is 3. The Labute approximate surface area is 157 Å². The molecule has 2 aromatic carbocycles. The molecule has 2 heterocycles. The number of alkyl halides is 2. The number of amides is 3. The molecule has 9 heteroatoms.